The first-order valence-corrected chi connectivity index (χ1v) is 6.76. The minimum absolute atomic E-state index is 0.301. The molecular formula is C15H18N2O. The Labute approximate surface area is 108 Å². The van der Waals surface area contributed by atoms with Crippen molar-refractivity contribution in [2.45, 2.75) is 50.3 Å². The van der Waals surface area contributed by atoms with Crippen LogP contribution >= 0.6 is 0 Å². The van der Waals surface area contributed by atoms with Gasteiger partial charge in [-0.3, -0.25) is 0 Å². The van der Waals surface area contributed by atoms with Gasteiger partial charge in [0.1, 0.15) is 11.9 Å². The van der Waals surface area contributed by atoms with Crippen molar-refractivity contribution in [2.75, 3.05) is 0 Å². The van der Waals surface area contributed by atoms with Crippen LogP contribution < -0.4 is 10.1 Å². The fraction of sp³-hybridized carbons (Fsp3) is 0.533. The summed E-state index contributed by atoms with van der Waals surface area (Å²) in [6, 6.07) is 10.9. The van der Waals surface area contributed by atoms with Crippen LogP contribution in [0, 0.1) is 11.3 Å². The lowest BCUT2D eigenvalue weighted by molar-refractivity contribution is 0.0927. The fourth-order valence-electron chi connectivity index (χ4n) is 3.14. The first-order chi connectivity index (χ1) is 8.83. The number of hydrogen-bond acceptors (Lipinski definition) is 3. The van der Waals surface area contributed by atoms with E-state index in [-0.39, 0.29) is 0 Å². The molecular weight excluding hydrogens is 224 g/mol. The second-order valence-electron chi connectivity index (χ2n) is 5.34. The van der Waals surface area contributed by atoms with Crippen LogP contribution in [-0.2, 0) is 0 Å². The molecule has 0 amide bonds. The van der Waals surface area contributed by atoms with Crippen LogP contribution in [0.2, 0.25) is 0 Å². The lowest BCUT2D eigenvalue weighted by Gasteiger charge is -2.40. The number of nitrogens with one attached hydrogen (secondary N) is 1. The van der Waals surface area contributed by atoms with Gasteiger partial charge in [0.15, 0.2) is 0 Å². The number of nitrogens with zero attached hydrogens (tertiary/aromatic N) is 1. The molecule has 0 saturated carbocycles. The maximum atomic E-state index is 8.88. The van der Waals surface area contributed by atoms with E-state index in [1.165, 1.54) is 19.3 Å². The highest BCUT2D eigenvalue weighted by Crippen LogP contribution is 2.28. The fourth-order valence-corrected chi connectivity index (χ4v) is 3.14. The van der Waals surface area contributed by atoms with E-state index >= 15 is 0 Å². The van der Waals surface area contributed by atoms with Crippen LogP contribution in [0.5, 0.6) is 5.75 Å². The number of ether oxygens (including phenoxy) is 1. The zero-order chi connectivity index (χ0) is 12.4. The molecule has 2 fully saturated rings. The Balaban J connectivity index is 1.67. The third kappa shape index (κ3) is 2.49. The smallest absolute Gasteiger partial charge is 0.121 e. The molecule has 2 unspecified atom stereocenters. The lowest BCUT2D eigenvalue weighted by atomic mass is 9.85. The number of benzene rings is 1. The predicted molar refractivity (Wildman–Crippen MR) is 69.4 cm³/mol. The Morgan fingerprint density at radius 1 is 1.22 bits per heavy atom. The molecule has 94 valence electrons. The Hall–Kier alpha value is -1.53. The maximum absolute atomic E-state index is 8.88. The summed E-state index contributed by atoms with van der Waals surface area (Å²) in [6.45, 7) is 0. The number of hydrogen-bond donors (Lipinski definition) is 1. The molecule has 2 saturated heterocycles. The van der Waals surface area contributed by atoms with Crippen molar-refractivity contribution in [3.05, 3.63) is 29.8 Å². The molecule has 0 spiro atoms. The highest BCUT2D eigenvalue weighted by Gasteiger charge is 2.32. The van der Waals surface area contributed by atoms with E-state index in [0.717, 1.165) is 18.6 Å². The molecule has 3 heteroatoms. The van der Waals surface area contributed by atoms with E-state index in [2.05, 4.69) is 11.4 Å². The molecule has 18 heavy (non-hydrogen) atoms. The molecule has 2 aliphatic heterocycles. The lowest BCUT2D eigenvalue weighted by Crippen LogP contribution is -2.51. The number of nitriles is 1. The van der Waals surface area contributed by atoms with Crippen LogP contribution in [0.1, 0.15) is 37.7 Å². The van der Waals surface area contributed by atoms with Crippen molar-refractivity contribution in [3.8, 4) is 11.8 Å². The van der Waals surface area contributed by atoms with Crippen molar-refractivity contribution in [1.29, 1.82) is 5.26 Å². The number of rotatable bonds is 2. The normalized spacial score (nSPS) is 30.5. The average Bonchev–Trinajstić information content (AvgIpc) is 2.38. The minimum atomic E-state index is 0.301. The Bertz CT molecular complexity index is 454. The van der Waals surface area contributed by atoms with Crippen LogP contribution in [0.3, 0.4) is 0 Å². The molecule has 2 heterocycles. The minimum Gasteiger partial charge on any atom is -0.490 e. The SMILES string of the molecule is N#Cc1cccc(OC2CC3CCCC(C2)N3)c1. The molecule has 3 rings (SSSR count). The predicted octanol–water partition coefficient (Wildman–Crippen LogP) is 2.61. The van der Waals surface area contributed by atoms with E-state index in [0.29, 0.717) is 23.8 Å². The van der Waals surface area contributed by atoms with Gasteiger partial charge in [-0.2, -0.15) is 5.26 Å². The maximum Gasteiger partial charge on any atom is 0.121 e. The second-order valence-corrected chi connectivity index (χ2v) is 5.34. The summed E-state index contributed by atoms with van der Waals surface area (Å²) in [5, 5.41) is 12.5. The van der Waals surface area contributed by atoms with Crippen molar-refractivity contribution in [3.63, 3.8) is 0 Å². The highest BCUT2D eigenvalue weighted by atomic mass is 16.5. The van der Waals surface area contributed by atoms with Gasteiger partial charge in [0, 0.05) is 12.1 Å². The van der Waals surface area contributed by atoms with Gasteiger partial charge in [-0.1, -0.05) is 12.5 Å². The Morgan fingerprint density at radius 3 is 2.72 bits per heavy atom. The highest BCUT2D eigenvalue weighted by molar-refractivity contribution is 5.36. The van der Waals surface area contributed by atoms with E-state index in [1.54, 1.807) is 0 Å². The van der Waals surface area contributed by atoms with Gasteiger partial charge in [-0.15, -0.1) is 0 Å². The summed E-state index contributed by atoms with van der Waals surface area (Å²) in [7, 11) is 0. The molecule has 0 aromatic heterocycles. The molecule has 2 aliphatic rings. The van der Waals surface area contributed by atoms with Gasteiger partial charge in [0.2, 0.25) is 0 Å². The summed E-state index contributed by atoms with van der Waals surface area (Å²) in [5.41, 5.74) is 0.668. The third-order valence-electron chi connectivity index (χ3n) is 3.94. The molecule has 3 nitrogen and oxygen atoms in total. The summed E-state index contributed by atoms with van der Waals surface area (Å²) < 4.78 is 6.04. The van der Waals surface area contributed by atoms with Crippen LogP contribution in [-0.4, -0.2) is 18.2 Å². The van der Waals surface area contributed by atoms with Gasteiger partial charge in [-0.05, 0) is 43.9 Å². The molecule has 0 radical (unpaired) electrons. The van der Waals surface area contributed by atoms with Crippen LogP contribution in [0.25, 0.3) is 0 Å². The summed E-state index contributed by atoms with van der Waals surface area (Å²) >= 11 is 0. The van der Waals surface area contributed by atoms with Gasteiger partial charge < -0.3 is 10.1 Å². The van der Waals surface area contributed by atoms with E-state index < -0.39 is 0 Å². The van der Waals surface area contributed by atoms with E-state index in [1.807, 2.05) is 24.3 Å². The van der Waals surface area contributed by atoms with Gasteiger partial charge in [0.25, 0.3) is 0 Å². The molecule has 0 aliphatic carbocycles. The van der Waals surface area contributed by atoms with Gasteiger partial charge in [0.05, 0.1) is 11.6 Å². The summed E-state index contributed by atoms with van der Waals surface area (Å²) in [6.07, 6.45) is 6.37. The van der Waals surface area contributed by atoms with Crippen LogP contribution in [0.4, 0.5) is 0 Å². The van der Waals surface area contributed by atoms with E-state index in [4.69, 9.17) is 10.00 Å². The quantitative estimate of drug-likeness (QED) is 0.867. The summed E-state index contributed by atoms with van der Waals surface area (Å²) in [4.78, 5) is 0. The molecule has 1 aromatic rings. The second kappa shape index (κ2) is 4.99. The first kappa shape index (κ1) is 11.6. The molecule has 2 bridgehead atoms. The van der Waals surface area contributed by atoms with E-state index in [9.17, 15) is 0 Å². The first-order valence-electron chi connectivity index (χ1n) is 6.76. The van der Waals surface area contributed by atoms with Crippen LogP contribution in [0.15, 0.2) is 24.3 Å². The largest absolute Gasteiger partial charge is 0.490 e. The standard InChI is InChI=1S/C15H18N2O/c16-10-11-3-1-6-14(7-11)18-15-8-12-4-2-5-13(9-15)17-12/h1,3,6-7,12-13,15,17H,2,4-5,8-9H2. The zero-order valence-electron chi connectivity index (χ0n) is 10.4. The summed E-state index contributed by atoms with van der Waals surface area (Å²) in [5.74, 6) is 0.832. The number of piperidine rings is 2. The van der Waals surface area contributed by atoms with Gasteiger partial charge >= 0.3 is 0 Å². The average molecular weight is 242 g/mol. The van der Waals surface area contributed by atoms with Crippen molar-refractivity contribution in [1.82, 2.24) is 5.32 Å². The van der Waals surface area contributed by atoms with Crippen molar-refractivity contribution in [2.24, 2.45) is 0 Å². The van der Waals surface area contributed by atoms with Gasteiger partial charge in [-0.25, -0.2) is 0 Å². The Morgan fingerprint density at radius 2 is 2.00 bits per heavy atom. The molecule has 2 atom stereocenters. The Kier molecular flexibility index (Phi) is 3.21. The molecule has 1 aromatic carbocycles. The third-order valence-corrected chi connectivity index (χ3v) is 3.94. The zero-order valence-corrected chi connectivity index (χ0v) is 10.4. The van der Waals surface area contributed by atoms with Crippen molar-refractivity contribution < 1.29 is 4.74 Å². The van der Waals surface area contributed by atoms with Crippen molar-refractivity contribution >= 4 is 0 Å². The monoisotopic (exact) mass is 242 g/mol. The topological polar surface area (TPSA) is 45.0 Å². The number of fused-ring (bicyclic) bond motifs is 2. The molecule has 1 N–H and O–H groups in total.